The van der Waals surface area contributed by atoms with Crippen LogP contribution in [0.3, 0.4) is 0 Å². The number of esters is 1. The van der Waals surface area contributed by atoms with Gasteiger partial charge in [0.1, 0.15) is 0 Å². The summed E-state index contributed by atoms with van der Waals surface area (Å²) in [4.78, 5) is 25.4. The van der Waals surface area contributed by atoms with E-state index in [-0.39, 0.29) is 10.5 Å². The summed E-state index contributed by atoms with van der Waals surface area (Å²) < 4.78 is 32.6. The van der Waals surface area contributed by atoms with Crippen LogP contribution in [0.25, 0.3) is 10.8 Å². The molecule has 1 N–H and O–H groups in total. The largest absolute Gasteiger partial charge is 0.449 e. The maximum Gasteiger partial charge on any atom is 0.338 e. The second-order valence-electron chi connectivity index (χ2n) is 7.90. The zero-order valence-electron chi connectivity index (χ0n) is 19.2. The molecule has 4 rings (SSSR count). The van der Waals surface area contributed by atoms with E-state index in [2.05, 4.69) is 5.32 Å². The van der Waals surface area contributed by atoms with Crippen LogP contribution in [0.4, 0.5) is 11.4 Å². The molecule has 1 atom stereocenters. The average molecular weight is 489 g/mol. The highest BCUT2D eigenvalue weighted by Gasteiger charge is 2.24. The van der Waals surface area contributed by atoms with Crippen LogP contribution in [-0.2, 0) is 19.6 Å². The summed E-state index contributed by atoms with van der Waals surface area (Å²) >= 11 is 0. The smallest absolute Gasteiger partial charge is 0.338 e. The number of carbonyl (C=O) groups is 2. The van der Waals surface area contributed by atoms with Gasteiger partial charge in [-0.25, -0.2) is 13.2 Å². The summed E-state index contributed by atoms with van der Waals surface area (Å²) in [5.74, 6) is -1.30. The number of hydrogen-bond donors (Lipinski definition) is 1. The van der Waals surface area contributed by atoms with Crippen LogP contribution in [0.2, 0.25) is 0 Å². The van der Waals surface area contributed by atoms with Crippen molar-refractivity contribution in [2.45, 2.75) is 17.9 Å². The number of ether oxygens (including phenoxy) is 1. The van der Waals surface area contributed by atoms with Crippen molar-refractivity contribution in [1.29, 1.82) is 0 Å². The van der Waals surface area contributed by atoms with E-state index in [1.165, 1.54) is 38.2 Å². The van der Waals surface area contributed by atoms with Crippen molar-refractivity contribution in [1.82, 2.24) is 0 Å². The monoisotopic (exact) mass is 488 g/mol. The van der Waals surface area contributed by atoms with Crippen molar-refractivity contribution in [3.05, 3.63) is 103 Å². The molecule has 4 aromatic carbocycles. The van der Waals surface area contributed by atoms with Gasteiger partial charge < -0.3 is 10.1 Å². The lowest BCUT2D eigenvalue weighted by molar-refractivity contribution is -0.123. The zero-order chi connectivity index (χ0) is 25.0. The fourth-order valence-electron chi connectivity index (χ4n) is 3.57. The Hall–Kier alpha value is -4.17. The van der Waals surface area contributed by atoms with E-state index in [0.29, 0.717) is 11.4 Å². The molecule has 0 radical (unpaired) electrons. The van der Waals surface area contributed by atoms with Crippen LogP contribution >= 0.6 is 0 Å². The molecule has 0 saturated heterocycles. The molecular weight excluding hydrogens is 464 g/mol. The second-order valence-corrected chi connectivity index (χ2v) is 9.87. The first-order valence-electron chi connectivity index (χ1n) is 10.9. The minimum absolute atomic E-state index is 0.0253. The topological polar surface area (TPSA) is 92.8 Å². The Morgan fingerprint density at radius 2 is 1.51 bits per heavy atom. The number of amides is 1. The van der Waals surface area contributed by atoms with Gasteiger partial charge in [0.15, 0.2) is 6.10 Å². The number of para-hydroxylation sites is 1. The molecule has 0 aliphatic heterocycles. The maximum absolute atomic E-state index is 13.1. The second kappa shape index (κ2) is 9.99. The molecule has 4 aromatic rings. The van der Waals surface area contributed by atoms with Crippen LogP contribution in [0.5, 0.6) is 0 Å². The third-order valence-corrected chi connectivity index (χ3v) is 7.33. The predicted octanol–water partition coefficient (Wildman–Crippen LogP) is 4.85. The lowest BCUT2D eigenvalue weighted by Crippen LogP contribution is -2.30. The lowest BCUT2D eigenvalue weighted by atomic mass is 10.1. The van der Waals surface area contributed by atoms with Gasteiger partial charge in [0.05, 0.1) is 16.1 Å². The van der Waals surface area contributed by atoms with E-state index >= 15 is 0 Å². The SMILES string of the molecule is CC(OC(=O)c1cccc(S(=O)(=O)N(C)c2ccccc2)c1)C(=O)Nc1cccc2ccccc12. The van der Waals surface area contributed by atoms with Gasteiger partial charge in [-0.3, -0.25) is 9.10 Å². The van der Waals surface area contributed by atoms with Crippen molar-refractivity contribution < 1.29 is 22.7 Å². The lowest BCUT2D eigenvalue weighted by Gasteiger charge is -2.20. The van der Waals surface area contributed by atoms with Crippen LogP contribution in [0.1, 0.15) is 17.3 Å². The third-order valence-electron chi connectivity index (χ3n) is 5.55. The van der Waals surface area contributed by atoms with E-state index in [1.807, 2.05) is 36.4 Å². The van der Waals surface area contributed by atoms with Crippen molar-refractivity contribution in [2.24, 2.45) is 0 Å². The van der Waals surface area contributed by atoms with Gasteiger partial charge in [-0.2, -0.15) is 0 Å². The normalized spacial score (nSPS) is 12.1. The van der Waals surface area contributed by atoms with Crippen molar-refractivity contribution >= 4 is 44.0 Å². The first-order valence-corrected chi connectivity index (χ1v) is 12.3. The first kappa shape index (κ1) is 24.0. The number of rotatable bonds is 7. The fraction of sp³-hybridized carbons (Fsp3) is 0.111. The van der Waals surface area contributed by atoms with Crippen LogP contribution < -0.4 is 9.62 Å². The molecule has 0 bridgehead atoms. The molecule has 0 heterocycles. The predicted molar refractivity (Wildman–Crippen MR) is 136 cm³/mol. The molecular formula is C27H24N2O5S. The molecule has 7 nitrogen and oxygen atoms in total. The summed E-state index contributed by atoms with van der Waals surface area (Å²) in [6.45, 7) is 1.46. The molecule has 8 heteroatoms. The van der Waals surface area contributed by atoms with Gasteiger partial charge in [0.2, 0.25) is 0 Å². The highest BCUT2D eigenvalue weighted by atomic mass is 32.2. The first-order chi connectivity index (χ1) is 16.8. The highest BCUT2D eigenvalue weighted by molar-refractivity contribution is 7.92. The number of hydrogen-bond acceptors (Lipinski definition) is 5. The molecule has 35 heavy (non-hydrogen) atoms. The fourth-order valence-corrected chi connectivity index (χ4v) is 4.81. The Bertz CT molecular complexity index is 1480. The standard InChI is InChI=1S/C27H24N2O5S/c1-19(26(30)28-25-17-9-11-20-10-6-7-16-24(20)25)34-27(31)21-12-8-15-23(18-21)35(32,33)29(2)22-13-4-3-5-14-22/h3-19H,1-2H3,(H,28,30). The van der Waals surface area contributed by atoms with Gasteiger partial charge in [-0.15, -0.1) is 0 Å². The number of fused-ring (bicyclic) bond motifs is 1. The maximum atomic E-state index is 13.1. The van der Waals surface area contributed by atoms with Crippen molar-refractivity contribution in [2.75, 3.05) is 16.7 Å². The summed E-state index contributed by atoms with van der Waals surface area (Å²) in [5, 5.41) is 4.62. The van der Waals surface area contributed by atoms with Crippen molar-refractivity contribution in [3.63, 3.8) is 0 Å². The number of anilines is 2. The third kappa shape index (κ3) is 5.17. The highest BCUT2D eigenvalue weighted by Crippen LogP contribution is 2.24. The Morgan fingerprint density at radius 1 is 0.857 bits per heavy atom. The minimum Gasteiger partial charge on any atom is -0.449 e. The van der Waals surface area contributed by atoms with E-state index < -0.39 is 28.0 Å². The molecule has 178 valence electrons. The molecule has 1 amide bonds. The summed E-state index contributed by atoms with van der Waals surface area (Å²) in [6.07, 6.45) is -1.10. The quantitative estimate of drug-likeness (QED) is 0.376. The minimum atomic E-state index is -3.91. The van der Waals surface area contributed by atoms with Crippen LogP contribution in [0.15, 0.2) is 102 Å². The van der Waals surface area contributed by atoms with Gasteiger partial charge in [-0.1, -0.05) is 60.7 Å². The average Bonchev–Trinajstić information content (AvgIpc) is 2.89. The Labute approximate surface area is 204 Å². The van der Waals surface area contributed by atoms with E-state index in [9.17, 15) is 18.0 Å². The summed E-state index contributed by atoms with van der Waals surface area (Å²) in [5.41, 5.74) is 1.12. The molecule has 0 aliphatic carbocycles. The molecule has 1 unspecified atom stereocenters. The summed E-state index contributed by atoms with van der Waals surface area (Å²) in [6, 6.07) is 27.3. The molecule has 0 fully saturated rings. The Kier molecular flexibility index (Phi) is 6.84. The van der Waals surface area contributed by atoms with E-state index in [4.69, 9.17) is 4.74 Å². The summed E-state index contributed by atoms with van der Waals surface area (Å²) in [7, 11) is -2.47. The van der Waals surface area contributed by atoms with Gasteiger partial charge in [0.25, 0.3) is 15.9 Å². The number of sulfonamides is 1. The van der Waals surface area contributed by atoms with Gasteiger partial charge >= 0.3 is 5.97 Å². The van der Waals surface area contributed by atoms with Gasteiger partial charge in [0, 0.05) is 18.1 Å². The number of nitrogens with zero attached hydrogens (tertiary/aromatic N) is 1. The van der Waals surface area contributed by atoms with E-state index in [0.717, 1.165) is 15.1 Å². The molecule has 0 aromatic heterocycles. The number of carbonyl (C=O) groups excluding carboxylic acids is 2. The van der Waals surface area contributed by atoms with Crippen LogP contribution in [0, 0.1) is 0 Å². The van der Waals surface area contributed by atoms with Gasteiger partial charge in [-0.05, 0) is 48.7 Å². The van der Waals surface area contributed by atoms with Crippen molar-refractivity contribution in [3.8, 4) is 0 Å². The Balaban J connectivity index is 1.48. The molecule has 0 saturated carbocycles. The number of benzene rings is 4. The zero-order valence-corrected chi connectivity index (χ0v) is 20.0. The van der Waals surface area contributed by atoms with Crippen LogP contribution in [-0.4, -0.2) is 33.4 Å². The molecule has 0 aliphatic rings. The Morgan fingerprint density at radius 3 is 2.29 bits per heavy atom. The number of nitrogens with one attached hydrogen (secondary N) is 1. The molecule has 0 spiro atoms. The van der Waals surface area contributed by atoms with E-state index in [1.54, 1.807) is 36.4 Å².